The maximum Gasteiger partial charge on any atom is 0.339 e. The summed E-state index contributed by atoms with van der Waals surface area (Å²) in [5.41, 5.74) is 3.89. The number of imidazole rings is 1. The molecule has 150 valence electrons. The van der Waals surface area contributed by atoms with Crippen LogP contribution in [0, 0.1) is 0 Å². The molecule has 4 heteroatoms. The van der Waals surface area contributed by atoms with Crippen LogP contribution in [0.3, 0.4) is 0 Å². The van der Waals surface area contributed by atoms with Crippen LogP contribution >= 0.6 is 0 Å². The zero-order chi connectivity index (χ0) is 21.2. The Hall–Kier alpha value is -4.44. The first-order valence-corrected chi connectivity index (χ1v) is 10.6. The number of rotatable bonds is 1. The molecule has 0 atom stereocenters. The normalized spacial score (nSPS) is 11.9. The second-order valence-corrected chi connectivity index (χ2v) is 8.09. The predicted octanol–water partition coefficient (Wildman–Crippen LogP) is 6.10. The second-order valence-electron chi connectivity index (χ2n) is 8.09. The van der Waals surface area contributed by atoms with Crippen LogP contribution < -0.4 is 5.69 Å². The van der Waals surface area contributed by atoms with Crippen LogP contribution in [0.1, 0.15) is 0 Å². The summed E-state index contributed by atoms with van der Waals surface area (Å²) in [5, 5.41) is 5.59. The molecule has 0 N–H and O–H groups in total. The summed E-state index contributed by atoms with van der Waals surface area (Å²) in [6, 6.07) is 34.6. The summed E-state index contributed by atoms with van der Waals surface area (Å²) in [6.07, 6.45) is 0. The molecule has 0 saturated carbocycles. The molecule has 0 fully saturated rings. The molecule has 0 unspecified atom stereocenters. The molecule has 32 heavy (non-hydrogen) atoms. The maximum atomic E-state index is 13.9. The number of fused-ring (bicyclic) bond motifs is 8. The van der Waals surface area contributed by atoms with Crippen molar-refractivity contribution in [2.45, 2.75) is 0 Å². The van der Waals surface area contributed by atoms with Gasteiger partial charge in [-0.15, -0.1) is 0 Å². The van der Waals surface area contributed by atoms with Crippen LogP contribution in [0.15, 0.2) is 108 Å². The van der Waals surface area contributed by atoms with Crippen LogP contribution in [0.2, 0.25) is 0 Å². The molecule has 5 aromatic carbocycles. The summed E-state index contributed by atoms with van der Waals surface area (Å²) >= 11 is 0. The van der Waals surface area contributed by atoms with E-state index < -0.39 is 0 Å². The smallest absolute Gasteiger partial charge is 0.262 e. The summed E-state index contributed by atoms with van der Waals surface area (Å²) < 4.78 is 3.53. The minimum Gasteiger partial charge on any atom is -0.262 e. The van der Waals surface area contributed by atoms with Crippen molar-refractivity contribution < 1.29 is 0 Å². The molecule has 0 saturated heterocycles. The van der Waals surface area contributed by atoms with Crippen LogP contribution in [0.25, 0.3) is 54.8 Å². The van der Waals surface area contributed by atoms with Gasteiger partial charge in [-0.3, -0.25) is 4.57 Å². The summed E-state index contributed by atoms with van der Waals surface area (Å²) in [7, 11) is 0. The summed E-state index contributed by atoms with van der Waals surface area (Å²) in [6.45, 7) is 0. The molecule has 2 heterocycles. The number of hydrogen-bond acceptors (Lipinski definition) is 2. The number of aromatic nitrogens is 3. The third-order valence-corrected chi connectivity index (χ3v) is 6.32. The average Bonchev–Trinajstić information content (AvgIpc) is 3.24. The highest BCUT2D eigenvalue weighted by molar-refractivity contribution is 6.08. The van der Waals surface area contributed by atoms with Crippen molar-refractivity contribution in [3.8, 4) is 5.69 Å². The minimum absolute atomic E-state index is 0.119. The minimum atomic E-state index is -0.119. The van der Waals surface area contributed by atoms with E-state index in [2.05, 4.69) is 42.5 Å². The third-order valence-electron chi connectivity index (χ3n) is 6.32. The van der Waals surface area contributed by atoms with Crippen molar-refractivity contribution >= 4 is 49.1 Å². The number of nitrogens with zero attached hydrogens (tertiary/aromatic N) is 3. The van der Waals surface area contributed by atoms with Crippen molar-refractivity contribution in [1.82, 2.24) is 14.0 Å². The molecule has 0 amide bonds. The van der Waals surface area contributed by atoms with Crippen LogP contribution in [0.4, 0.5) is 0 Å². The summed E-state index contributed by atoms with van der Waals surface area (Å²) in [5.74, 6) is 0. The van der Waals surface area contributed by atoms with Gasteiger partial charge in [0, 0.05) is 5.39 Å². The number of para-hydroxylation sites is 3. The lowest BCUT2D eigenvalue weighted by Crippen LogP contribution is -2.25. The quantitative estimate of drug-likeness (QED) is 0.306. The Labute approximate surface area is 182 Å². The first kappa shape index (κ1) is 17.3. The van der Waals surface area contributed by atoms with E-state index in [-0.39, 0.29) is 5.69 Å². The fourth-order valence-electron chi connectivity index (χ4n) is 4.84. The molecule has 0 spiro atoms. The summed E-state index contributed by atoms with van der Waals surface area (Å²) in [4.78, 5) is 18.7. The third kappa shape index (κ3) is 2.26. The zero-order valence-electron chi connectivity index (χ0n) is 17.1. The molecule has 2 aromatic heterocycles. The molecule has 0 aliphatic carbocycles. The van der Waals surface area contributed by atoms with E-state index in [0.717, 1.165) is 38.4 Å². The van der Waals surface area contributed by atoms with E-state index in [1.54, 1.807) is 8.97 Å². The van der Waals surface area contributed by atoms with Gasteiger partial charge in [-0.05, 0) is 57.9 Å². The van der Waals surface area contributed by atoms with Crippen molar-refractivity contribution in [2.75, 3.05) is 0 Å². The lowest BCUT2D eigenvalue weighted by molar-refractivity contribution is 0.933. The molecule has 4 nitrogen and oxygen atoms in total. The lowest BCUT2D eigenvalue weighted by Gasteiger charge is -2.13. The van der Waals surface area contributed by atoms with Gasteiger partial charge in [0.15, 0.2) is 5.65 Å². The SMILES string of the molecule is O=c1n(-c2ccc3ccc4ccccc4c3c2)c2ccccc2c2nc3ccccc3n12. The predicted molar refractivity (Wildman–Crippen MR) is 131 cm³/mol. The van der Waals surface area contributed by atoms with Crippen LogP contribution in [-0.2, 0) is 0 Å². The molecular formula is C28H17N3O. The topological polar surface area (TPSA) is 39.3 Å². The van der Waals surface area contributed by atoms with E-state index in [4.69, 9.17) is 4.98 Å². The largest absolute Gasteiger partial charge is 0.339 e. The highest BCUT2D eigenvalue weighted by atomic mass is 16.1. The van der Waals surface area contributed by atoms with Gasteiger partial charge in [-0.25, -0.2) is 14.2 Å². The Morgan fingerprint density at radius 1 is 0.594 bits per heavy atom. The molecule has 0 bridgehead atoms. The van der Waals surface area contributed by atoms with E-state index in [1.807, 2.05) is 60.7 Å². The van der Waals surface area contributed by atoms with Crippen LogP contribution in [-0.4, -0.2) is 14.0 Å². The van der Waals surface area contributed by atoms with Gasteiger partial charge in [0.05, 0.1) is 22.2 Å². The van der Waals surface area contributed by atoms with Crippen molar-refractivity contribution in [3.05, 3.63) is 114 Å². The number of hydrogen-bond donors (Lipinski definition) is 0. The zero-order valence-corrected chi connectivity index (χ0v) is 17.1. The van der Waals surface area contributed by atoms with Gasteiger partial charge < -0.3 is 0 Å². The molecule has 0 aliphatic rings. The Kier molecular flexibility index (Phi) is 3.39. The second kappa shape index (κ2) is 6.28. The van der Waals surface area contributed by atoms with Crippen LogP contribution in [0.5, 0.6) is 0 Å². The molecule has 0 radical (unpaired) electrons. The van der Waals surface area contributed by atoms with Crippen molar-refractivity contribution in [1.29, 1.82) is 0 Å². The van der Waals surface area contributed by atoms with Crippen molar-refractivity contribution in [3.63, 3.8) is 0 Å². The van der Waals surface area contributed by atoms with Gasteiger partial charge in [0.1, 0.15) is 0 Å². The average molecular weight is 411 g/mol. The van der Waals surface area contributed by atoms with Gasteiger partial charge in [0.2, 0.25) is 0 Å². The van der Waals surface area contributed by atoms with Gasteiger partial charge in [-0.1, -0.05) is 66.7 Å². The van der Waals surface area contributed by atoms with E-state index >= 15 is 0 Å². The van der Waals surface area contributed by atoms with E-state index in [9.17, 15) is 4.79 Å². The highest BCUT2D eigenvalue weighted by Gasteiger charge is 2.16. The first-order chi connectivity index (χ1) is 15.8. The first-order valence-electron chi connectivity index (χ1n) is 10.6. The standard InChI is InChI=1S/C28H17N3O/c32-28-30(20-16-15-19-14-13-18-7-1-2-8-21(18)23(19)17-20)25-11-5-3-9-22(25)27-29-24-10-4-6-12-26(24)31(27)28/h1-17H. The molecular weight excluding hydrogens is 394 g/mol. The van der Waals surface area contributed by atoms with E-state index in [1.165, 1.54) is 10.8 Å². The maximum absolute atomic E-state index is 13.9. The fraction of sp³-hybridized carbons (Fsp3) is 0. The van der Waals surface area contributed by atoms with Gasteiger partial charge in [0.25, 0.3) is 0 Å². The monoisotopic (exact) mass is 411 g/mol. The number of benzene rings is 5. The Morgan fingerprint density at radius 2 is 1.25 bits per heavy atom. The van der Waals surface area contributed by atoms with Crippen molar-refractivity contribution in [2.24, 2.45) is 0 Å². The molecule has 7 rings (SSSR count). The fourth-order valence-corrected chi connectivity index (χ4v) is 4.84. The Bertz CT molecular complexity index is 1910. The van der Waals surface area contributed by atoms with E-state index in [0.29, 0.717) is 5.65 Å². The van der Waals surface area contributed by atoms with Gasteiger partial charge in [-0.2, -0.15) is 0 Å². The highest BCUT2D eigenvalue weighted by Crippen LogP contribution is 2.29. The molecule has 0 aliphatic heterocycles. The molecule has 7 aromatic rings. The Morgan fingerprint density at radius 3 is 2.12 bits per heavy atom. The van der Waals surface area contributed by atoms with Gasteiger partial charge >= 0.3 is 5.69 Å². The Balaban J connectivity index is 1.67. The lowest BCUT2D eigenvalue weighted by atomic mass is 10.0.